The number of fused-ring (bicyclic) bond motifs is 1. The number of anilines is 1. The molecule has 9 heteroatoms. The molecule has 0 radical (unpaired) electrons. The number of carbonyl (C=O) groups is 1. The molecule has 4 rings (SSSR count). The number of benzene rings is 2. The van der Waals surface area contributed by atoms with E-state index in [0.29, 0.717) is 17.2 Å². The summed E-state index contributed by atoms with van der Waals surface area (Å²) in [6.07, 6.45) is 6.10. The zero-order valence-electron chi connectivity index (χ0n) is 19.7. The van der Waals surface area contributed by atoms with Crippen LogP contribution in [0.4, 0.5) is 5.13 Å². The molecule has 0 aliphatic heterocycles. The van der Waals surface area contributed by atoms with Gasteiger partial charge in [-0.15, -0.1) is 0 Å². The van der Waals surface area contributed by atoms with Crippen LogP contribution in [0.2, 0.25) is 0 Å². The summed E-state index contributed by atoms with van der Waals surface area (Å²) in [4.78, 5) is 24.4. The van der Waals surface area contributed by atoms with E-state index in [1.54, 1.807) is 43.4 Å². The van der Waals surface area contributed by atoms with E-state index in [9.17, 15) is 13.2 Å². The molecule has 2 aromatic heterocycles. The van der Waals surface area contributed by atoms with Crippen LogP contribution in [0.25, 0.3) is 10.2 Å². The molecule has 2 heterocycles. The summed E-state index contributed by atoms with van der Waals surface area (Å²) < 4.78 is 27.9. The molecule has 0 atom stereocenters. The van der Waals surface area contributed by atoms with Crippen molar-refractivity contribution in [3.63, 3.8) is 0 Å². The second kappa shape index (κ2) is 9.68. The summed E-state index contributed by atoms with van der Waals surface area (Å²) in [5.41, 5.74) is 3.60. The van der Waals surface area contributed by atoms with E-state index in [2.05, 4.69) is 18.0 Å². The first-order valence-electron chi connectivity index (χ1n) is 11.2. The standard InChI is InChI=1S/C25H28N4O3S2/c1-17(2)34(31,32)21-9-7-20(8-10-21)24(30)29(14-5-13-28-15-12-26-16-28)25-27-23-19(4)18(3)6-11-22(23)33-25/h6-12,15-17H,5,13-14H2,1-4H3. The van der Waals surface area contributed by atoms with Gasteiger partial charge in [0.25, 0.3) is 5.91 Å². The third kappa shape index (κ3) is 4.76. The normalized spacial score (nSPS) is 11.9. The number of imidazole rings is 1. The highest BCUT2D eigenvalue weighted by Gasteiger charge is 2.24. The number of sulfone groups is 1. The highest BCUT2D eigenvalue weighted by Crippen LogP contribution is 2.33. The highest BCUT2D eigenvalue weighted by atomic mass is 32.2. The van der Waals surface area contributed by atoms with Gasteiger partial charge in [-0.25, -0.2) is 18.4 Å². The van der Waals surface area contributed by atoms with Gasteiger partial charge in [-0.2, -0.15) is 0 Å². The monoisotopic (exact) mass is 496 g/mol. The fourth-order valence-electron chi connectivity index (χ4n) is 3.66. The quantitative estimate of drug-likeness (QED) is 0.342. The summed E-state index contributed by atoms with van der Waals surface area (Å²) in [5, 5.41) is 0.112. The molecule has 178 valence electrons. The van der Waals surface area contributed by atoms with Gasteiger partial charge in [0, 0.05) is 31.0 Å². The Labute approximate surface area is 204 Å². The van der Waals surface area contributed by atoms with E-state index in [-0.39, 0.29) is 10.8 Å². The molecule has 0 unspecified atom stereocenters. The zero-order chi connectivity index (χ0) is 24.5. The highest BCUT2D eigenvalue weighted by molar-refractivity contribution is 7.92. The smallest absolute Gasteiger partial charge is 0.260 e. The topological polar surface area (TPSA) is 85.2 Å². The van der Waals surface area contributed by atoms with Crippen molar-refractivity contribution >= 4 is 42.4 Å². The maximum atomic E-state index is 13.6. The molecule has 34 heavy (non-hydrogen) atoms. The van der Waals surface area contributed by atoms with E-state index in [0.717, 1.165) is 34.3 Å². The average Bonchev–Trinajstić information content (AvgIpc) is 3.49. The molecule has 0 spiro atoms. The van der Waals surface area contributed by atoms with Crippen LogP contribution in [0.3, 0.4) is 0 Å². The number of hydrogen-bond donors (Lipinski definition) is 0. The van der Waals surface area contributed by atoms with Crippen molar-refractivity contribution in [3.8, 4) is 0 Å². The van der Waals surface area contributed by atoms with Gasteiger partial charge in [-0.3, -0.25) is 9.69 Å². The molecule has 1 amide bonds. The number of aromatic nitrogens is 3. The minimum Gasteiger partial charge on any atom is -0.337 e. The van der Waals surface area contributed by atoms with Crippen molar-refractivity contribution in [2.75, 3.05) is 11.4 Å². The molecule has 0 aliphatic carbocycles. The lowest BCUT2D eigenvalue weighted by atomic mass is 10.1. The molecule has 0 bridgehead atoms. The number of amides is 1. The molecule has 4 aromatic rings. The third-order valence-corrected chi connectivity index (χ3v) is 9.17. The fraction of sp³-hybridized carbons (Fsp3) is 0.320. The van der Waals surface area contributed by atoms with Crippen LogP contribution in [0.15, 0.2) is 60.0 Å². The number of aryl methyl sites for hydroxylation is 3. The molecular formula is C25H28N4O3S2. The van der Waals surface area contributed by atoms with Crippen molar-refractivity contribution in [3.05, 3.63) is 71.8 Å². The maximum absolute atomic E-state index is 13.6. The number of thiazole rings is 1. The molecular weight excluding hydrogens is 468 g/mol. The number of carbonyl (C=O) groups excluding carboxylic acids is 1. The van der Waals surface area contributed by atoms with Gasteiger partial charge >= 0.3 is 0 Å². The SMILES string of the molecule is Cc1ccc2sc(N(CCCn3ccnc3)C(=O)c3ccc(S(=O)(=O)C(C)C)cc3)nc2c1C. The van der Waals surface area contributed by atoms with Gasteiger partial charge in [0.1, 0.15) is 0 Å². The summed E-state index contributed by atoms with van der Waals surface area (Å²) in [6, 6.07) is 10.3. The lowest BCUT2D eigenvalue weighted by molar-refractivity contribution is 0.0986. The summed E-state index contributed by atoms with van der Waals surface area (Å²) in [5.74, 6) is -0.201. The van der Waals surface area contributed by atoms with Crippen LogP contribution in [0, 0.1) is 13.8 Å². The minimum atomic E-state index is -3.40. The van der Waals surface area contributed by atoms with E-state index in [1.165, 1.54) is 23.5 Å². The molecule has 0 saturated carbocycles. The van der Waals surface area contributed by atoms with Crippen molar-refractivity contribution in [1.29, 1.82) is 0 Å². The largest absolute Gasteiger partial charge is 0.337 e. The lowest BCUT2D eigenvalue weighted by Crippen LogP contribution is -2.32. The van der Waals surface area contributed by atoms with Crippen molar-refractivity contribution < 1.29 is 13.2 Å². The van der Waals surface area contributed by atoms with Crippen LogP contribution in [-0.4, -0.2) is 40.7 Å². The van der Waals surface area contributed by atoms with E-state index < -0.39 is 15.1 Å². The Morgan fingerprint density at radius 1 is 1.12 bits per heavy atom. The van der Waals surface area contributed by atoms with Crippen LogP contribution < -0.4 is 4.90 Å². The first kappa shape index (κ1) is 24.1. The second-order valence-corrected chi connectivity index (χ2v) is 12.1. The molecule has 2 aromatic carbocycles. The van der Waals surface area contributed by atoms with Crippen LogP contribution in [0.5, 0.6) is 0 Å². The zero-order valence-corrected chi connectivity index (χ0v) is 21.4. The van der Waals surface area contributed by atoms with E-state index in [4.69, 9.17) is 4.98 Å². The van der Waals surface area contributed by atoms with Gasteiger partial charge in [-0.05, 0) is 75.6 Å². The Hall–Kier alpha value is -3.04. The van der Waals surface area contributed by atoms with Gasteiger partial charge in [0.05, 0.1) is 26.7 Å². The number of nitrogens with zero attached hydrogens (tertiary/aromatic N) is 4. The van der Waals surface area contributed by atoms with E-state index in [1.807, 2.05) is 23.8 Å². The maximum Gasteiger partial charge on any atom is 0.260 e. The van der Waals surface area contributed by atoms with Crippen molar-refractivity contribution in [1.82, 2.24) is 14.5 Å². The molecule has 0 aliphatic rings. The van der Waals surface area contributed by atoms with Crippen molar-refractivity contribution in [2.45, 2.75) is 50.8 Å². The fourth-order valence-corrected chi connectivity index (χ4v) is 5.77. The average molecular weight is 497 g/mol. The predicted molar refractivity (Wildman–Crippen MR) is 136 cm³/mol. The summed E-state index contributed by atoms with van der Waals surface area (Å²) in [6.45, 7) is 8.58. The first-order chi connectivity index (χ1) is 16.2. The Balaban J connectivity index is 1.66. The molecule has 7 nitrogen and oxygen atoms in total. The Bertz CT molecular complexity index is 1410. The Morgan fingerprint density at radius 2 is 1.85 bits per heavy atom. The Morgan fingerprint density at radius 3 is 2.50 bits per heavy atom. The summed E-state index contributed by atoms with van der Waals surface area (Å²) in [7, 11) is -3.40. The van der Waals surface area contributed by atoms with Crippen LogP contribution in [0.1, 0.15) is 41.8 Å². The van der Waals surface area contributed by atoms with Gasteiger partial charge in [-0.1, -0.05) is 17.4 Å². The minimum absolute atomic E-state index is 0.201. The summed E-state index contributed by atoms with van der Waals surface area (Å²) >= 11 is 1.49. The van der Waals surface area contributed by atoms with Crippen LogP contribution in [-0.2, 0) is 16.4 Å². The molecule has 0 N–H and O–H groups in total. The Kier molecular flexibility index (Phi) is 6.86. The van der Waals surface area contributed by atoms with Gasteiger partial charge in [0.2, 0.25) is 0 Å². The number of rotatable bonds is 8. The molecule has 0 saturated heterocycles. The lowest BCUT2D eigenvalue weighted by Gasteiger charge is -2.20. The van der Waals surface area contributed by atoms with Crippen molar-refractivity contribution in [2.24, 2.45) is 0 Å². The first-order valence-corrected chi connectivity index (χ1v) is 13.5. The van der Waals surface area contributed by atoms with E-state index >= 15 is 0 Å². The van der Waals surface area contributed by atoms with Gasteiger partial charge < -0.3 is 4.57 Å². The van der Waals surface area contributed by atoms with Crippen LogP contribution >= 0.6 is 11.3 Å². The molecule has 0 fully saturated rings. The predicted octanol–water partition coefficient (Wildman–Crippen LogP) is 5.03. The number of hydrogen-bond acceptors (Lipinski definition) is 6. The third-order valence-electron chi connectivity index (χ3n) is 5.96. The van der Waals surface area contributed by atoms with Gasteiger partial charge in [0.15, 0.2) is 15.0 Å². The second-order valence-electron chi connectivity index (χ2n) is 8.58.